The van der Waals surface area contributed by atoms with Crippen molar-refractivity contribution in [3.05, 3.63) is 41.2 Å². The van der Waals surface area contributed by atoms with Gasteiger partial charge in [-0.25, -0.2) is 4.98 Å². The van der Waals surface area contributed by atoms with Crippen molar-refractivity contribution in [2.24, 2.45) is 5.73 Å². The Morgan fingerprint density at radius 1 is 1.27 bits per heavy atom. The minimum atomic E-state index is -4.82. The smallest absolute Gasteiger partial charge is 0.404 e. The first kappa shape index (κ1) is 17.9. The van der Waals surface area contributed by atoms with Crippen molar-refractivity contribution in [3.8, 4) is 0 Å². The maximum absolute atomic E-state index is 13.0. The number of hydrogen-bond acceptors (Lipinski definition) is 5. The van der Waals surface area contributed by atoms with E-state index in [2.05, 4.69) is 4.98 Å². The van der Waals surface area contributed by atoms with E-state index in [4.69, 9.17) is 22.3 Å². The molecular formula is C18H18F3N5. The van der Waals surface area contributed by atoms with Crippen LogP contribution in [0.4, 0.5) is 18.9 Å². The number of benzene rings is 1. The van der Waals surface area contributed by atoms with E-state index >= 15 is 0 Å². The van der Waals surface area contributed by atoms with Gasteiger partial charge in [0, 0.05) is 34.6 Å². The Morgan fingerprint density at radius 2 is 1.96 bits per heavy atom. The molecule has 5 nitrogen and oxygen atoms in total. The van der Waals surface area contributed by atoms with E-state index in [0.29, 0.717) is 22.2 Å². The summed E-state index contributed by atoms with van der Waals surface area (Å²) in [5, 5.41) is 15.8. The molecule has 0 aliphatic heterocycles. The number of rotatable bonds is 4. The standard InChI is InChI=1S/C18H18F3N5/c19-18(20,21)17(25)12(8-23)15-6-10(9-2-1-3-9)16-11(7-22)13(24)4-5-14(16)26-15/h4-9,22,25H,1-3,23-24H2/b12-8-,22-7?,25-17?. The molecule has 0 atom stereocenters. The number of pyridine rings is 1. The lowest BCUT2D eigenvalue weighted by atomic mass is 9.77. The normalized spacial score (nSPS) is 15.7. The van der Waals surface area contributed by atoms with Crippen LogP contribution in [0.3, 0.4) is 0 Å². The zero-order valence-corrected chi connectivity index (χ0v) is 13.8. The van der Waals surface area contributed by atoms with Crippen LogP contribution < -0.4 is 11.5 Å². The molecule has 1 fully saturated rings. The number of hydrogen-bond donors (Lipinski definition) is 4. The van der Waals surface area contributed by atoms with Gasteiger partial charge in [-0.1, -0.05) is 6.42 Å². The molecule has 0 spiro atoms. The van der Waals surface area contributed by atoms with E-state index in [9.17, 15) is 13.2 Å². The molecule has 1 saturated carbocycles. The van der Waals surface area contributed by atoms with Gasteiger partial charge in [-0.05, 0) is 42.5 Å². The predicted molar refractivity (Wildman–Crippen MR) is 96.6 cm³/mol. The van der Waals surface area contributed by atoms with E-state index in [0.717, 1.165) is 37.2 Å². The highest BCUT2D eigenvalue weighted by atomic mass is 19.4. The van der Waals surface area contributed by atoms with Gasteiger partial charge in [-0.2, -0.15) is 13.2 Å². The molecule has 0 radical (unpaired) electrons. The molecule has 8 heteroatoms. The fourth-order valence-electron chi connectivity index (χ4n) is 3.19. The number of nitrogen functional groups attached to an aromatic ring is 1. The highest BCUT2D eigenvalue weighted by Gasteiger charge is 2.38. The molecule has 1 aliphatic carbocycles. The van der Waals surface area contributed by atoms with Crippen molar-refractivity contribution < 1.29 is 13.2 Å². The van der Waals surface area contributed by atoms with Crippen LogP contribution in [-0.4, -0.2) is 23.1 Å². The Bertz CT molecular complexity index is 927. The lowest BCUT2D eigenvalue weighted by molar-refractivity contribution is -0.0578. The molecule has 2 aromatic rings. The Balaban J connectivity index is 2.28. The van der Waals surface area contributed by atoms with Crippen molar-refractivity contribution in [2.75, 3.05) is 5.73 Å². The minimum Gasteiger partial charge on any atom is -0.404 e. The number of nitrogens with zero attached hydrogens (tertiary/aromatic N) is 1. The van der Waals surface area contributed by atoms with Crippen LogP contribution in [0.5, 0.6) is 0 Å². The van der Waals surface area contributed by atoms with Crippen LogP contribution in [0.1, 0.15) is 42.0 Å². The van der Waals surface area contributed by atoms with E-state index in [1.165, 1.54) is 0 Å². The Morgan fingerprint density at radius 3 is 2.46 bits per heavy atom. The average molecular weight is 361 g/mol. The topological polar surface area (TPSA) is 113 Å². The third kappa shape index (κ3) is 2.91. The summed E-state index contributed by atoms with van der Waals surface area (Å²) in [6.45, 7) is 0. The van der Waals surface area contributed by atoms with E-state index in [-0.39, 0.29) is 11.6 Å². The highest BCUT2D eigenvalue weighted by Crippen LogP contribution is 2.42. The third-order valence-electron chi connectivity index (χ3n) is 4.76. The molecule has 1 aliphatic rings. The Hall–Kier alpha value is -2.90. The summed E-state index contributed by atoms with van der Waals surface area (Å²) in [6.07, 6.45) is -0.0714. The van der Waals surface area contributed by atoms with Crippen molar-refractivity contribution in [1.82, 2.24) is 4.98 Å². The second-order valence-corrected chi connectivity index (χ2v) is 6.28. The summed E-state index contributed by atoms with van der Waals surface area (Å²) in [5.41, 5.74) is 11.5. The number of allylic oxidation sites excluding steroid dienone is 1. The molecule has 3 rings (SSSR count). The first-order valence-electron chi connectivity index (χ1n) is 8.10. The maximum atomic E-state index is 13.0. The van der Waals surface area contributed by atoms with E-state index in [1.54, 1.807) is 18.2 Å². The SMILES string of the molecule is N=Cc1c(N)ccc2nc(/C(=C/N)C(=N)C(F)(F)F)cc(C3CCC3)c12. The molecule has 0 saturated heterocycles. The van der Waals surface area contributed by atoms with E-state index in [1.807, 2.05) is 0 Å². The van der Waals surface area contributed by atoms with Gasteiger partial charge in [-0.3, -0.25) is 5.41 Å². The van der Waals surface area contributed by atoms with Crippen molar-refractivity contribution in [1.29, 1.82) is 10.8 Å². The van der Waals surface area contributed by atoms with Crippen LogP contribution >= 0.6 is 0 Å². The average Bonchev–Trinajstić information content (AvgIpc) is 2.53. The molecule has 26 heavy (non-hydrogen) atoms. The largest absolute Gasteiger partial charge is 0.433 e. The Kier molecular flexibility index (Phi) is 4.43. The Labute approximate surface area is 147 Å². The number of aromatic nitrogens is 1. The number of anilines is 1. The van der Waals surface area contributed by atoms with Gasteiger partial charge >= 0.3 is 6.18 Å². The summed E-state index contributed by atoms with van der Waals surface area (Å²) in [5.74, 6) is 0.166. The number of nitrogens with one attached hydrogen (secondary N) is 2. The van der Waals surface area contributed by atoms with Gasteiger partial charge in [0.25, 0.3) is 0 Å². The summed E-state index contributed by atoms with van der Waals surface area (Å²) >= 11 is 0. The second-order valence-electron chi connectivity index (χ2n) is 6.28. The molecule has 0 amide bonds. The second kappa shape index (κ2) is 6.44. The van der Waals surface area contributed by atoms with Crippen LogP contribution in [0, 0.1) is 10.8 Å². The maximum Gasteiger partial charge on any atom is 0.433 e. The fraction of sp³-hybridized carbons (Fsp3) is 0.278. The summed E-state index contributed by atoms with van der Waals surface area (Å²) < 4.78 is 39.0. The summed E-state index contributed by atoms with van der Waals surface area (Å²) in [4.78, 5) is 4.28. The van der Waals surface area contributed by atoms with Gasteiger partial charge in [-0.15, -0.1) is 0 Å². The van der Waals surface area contributed by atoms with Crippen LogP contribution in [0.15, 0.2) is 24.4 Å². The molecule has 1 aromatic carbocycles. The van der Waals surface area contributed by atoms with Crippen LogP contribution in [-0.2, 0) is 0 Å². The fourth-order valence-corrected chi connectivity index (χ4v) is 3.19. The van der Waals surface area contributed by atoms with Gasteiger partial charge in [0.15, 0.2) is 0 Å². The first-order chi connectivity index (χ1) is 12.3. The van der Waals surface area contributed by atoms with Gasteiger partial charge in [0.1, 0.15) is 5.71 Å². The molecule has 0 unspecified atom stereocenters. The quantitative estimate of drug-likeness (QED) is 0.488. The van der Waals surface area contributed by atoms with Crippen molar-refractivity contribution >= 4 is 34.1 Å². The molecule has 1 heterocycles. The third-order valence-corrected chi connectivity index (χ3v) is 4.76. The number of nitrogens with two attached hydrogens (primary N) is 2. The van der Waals surface area contributed by atoms with Crippen LogP contribution in [0.25, 0.3) is 16.5 Å². The van der Waals surface area contributed by atoms with E-state index < -0.39 is 17.5 Å². The zero-order valence-electron chi connectivity index (χ0n) is 13.8. The predicted octanol–water partition coefficient (Wildman–Crippen LogP) is 3.96. The molecule has 6 N–H and O–H groups in total. The molecule has 136 valence electrons. The monoisotopic (exact) mass is 361 g/mol. The van der Waals surface area contributed by atoms with Gasteiger partial charge in [0.2, 0.25) is 0 Å². The van der Waals surface area contributed by atoms with Crippen molar-refractivity contribution in [2.45, 2.75) is 31.4 Å². The molecule has 0 bridgehead atoms. The zero-order chi connectivity index (χ0) is 19.1. The lowest BCUT2D eigenvalue weighted by Gasteiger charge is -2.28. The number of alkyl halides is 3. The highest BCUT2D eigenvalue weighted by molar-refractivity contribution is 6.24. The molecule has 1 aromatic heterocycles. The number of fused-ring (bicyclic) bond motifs is 1. The van der Waals surface area contributed by atoms with Crippen molar-refractivity contribution in [3.63, 3.8) is 0 Å². The van der Waals surface area contributed by atoms with Crippen LogP contribution in [0.2, 0.25) is 0 Å². The number of halogens is 3. The summed E-state index contributed by atoms with van der Waals surface area (Å²) in [7, 11) is 0. The van der Waals surface area contributed by atoms with Gasteiger partial charge < -0.3 is 16.9 Å². The summed E-state index contributed by atoms with van der Waals surface area (Å²) in [6, 6.07) is 4.75. The minimum absolute atomic E-state index is 0.00456. The first-order valence-corrected chi connectivity index (χ1v) is 8.10. The lowest BCUT2D eigenvalue weighted by Crippen LogP contribution is -2.24. The van der Waals surface area contributed by atoms with Gasteiger partial charge in [0.05, 0.1) is 11.2 Å². The molecular weight excluding hydrogens is 343 g/mol.